The van der Waals surface area contributed by atoms with Gasteiger partial charge >= 0.3 is 12.0 Å². The summed E-state index contributed by atoms with van der Waals surface area (Å²) in [5.41, 5.74) is 0. The van der Waals surface area contributed by atoms with Gasteiger partial charge in [-0.15, -0.1) is 0 Å². The summed E-state index contributed by atoms with van der Waals surface area (Å²) in [5.74, 6) is -1.00. The molecule has 0 aliphatic carbocycles. The number of amides is 2. The maximum Gasteiger partial charge on any atom is 0.328 e. The van der Waals surface area contributed by atoms with E-state index in [0.717, 1.165) is 19.5 Å². The van der Waals surface area contributed by atoms with Crippen LogP contribution in [-0.4, -0.2) is 78.9 Å². The fraction of sp³-hybridized carbons (Fsp3) is 0.818. The van der Waals surface area contributed by atoms with Crippen molar-refractivity contribution >= 4 is 12.0 Å². The summed E-state index contributed by atoms with van der Waals surface area (Å²) in [6.07, 6.45) is 0.897. The maximum atomic E-state index is 12.3. The molecule has 0 aromatic carbocycles. The second-order valence-corrected chi connectivity index (χ2v) is 4.50. The smallest absolute Gasteiger partial charge is 0.328 e. The van der Waals surface area contributed by atoms with Gasteiger partial charge in [0.2, 0.25) is 0 Å². The average Bonchev–Trinajstić information content (AvgIpc) is 2.66. The monoisotopic (exact) mass is 257 g/mol. The Kier molecular flexibility index (Phi) is 4.38. The molecule has 102 valence electrons. The van der Waals surface area contributed by atoms with Crippen LogP contribution in [0.4, 0.5) is 4.79 Å². The number of hydrogen-bond donors (Lipinski definition) is 2. The molecule has 0 bridgehead atoms. The lowest BCUT2D eigenvalue weighted by atomic mass is 10.2. The minimum atomic E-state index is -1.00. The predicted octanol–water partition coefficient (Wildman–Crippen LogP) is -0.813. The number of rotatable bonds is 1. The Bertz CT molecular complexity index is 315. The highest BCUT2D eigenvalue weighted by molar-refractivity contribution is 5.83. The van der Waals surface area contributed by atoms with Crippen molar-refractivity contribution in [3.05, 3.63) is 0 Å². The van der Waals surface area contributed by atoms with Crippen LogP contribution in [0.2, 0.25) is 0 Å². The first-order valence-corrected chi connectivity index (χ1v) is 6.27. The molecule has 0 spiro atoms. The Balaban J connectivity index is 2.02. The van der Waals surface area contributed by atoms with Crippen LogP contribution in [0.15, 0.2) is 0 Å². The van der Waals surface area contributed by atoms with E-state index < -0.39 is 12.0 Å². The number of urea groups is 1. The number of ether oxygens (including phenoxy) is 1. The van der Waals surface area contributed by atoms with Gasteiger partial charge in [-0.3, -0.25) is 0 Å². The van der Waals surface area contributed by atoms with Gasteiger partial charge in [-0.2, -0.15) is 0 Å². The van der Waals surface area contributed by atoms with Gasteiger partial charge in [0.15, 0.2) is 6.04 Å². The van der Waals surface area contributed by atoms with Crippen molar-refractivity contribution in [2.75, 3.05) is 45.9 Å². The highest BCUT2D eigenvalue weighted by Crippen LogP contribution is 2.11. The van der Waals surface area contributed by atoms with Crippen LogP contribution in [0.3, 0.4) is 0 Å². The molecule has 2 amide bonds. The normalized spacial score (nSPS) is 25.7. The van der Waals surface area contributed by atoms with Gasteiger partial charge in [0.05, 0.1) is 13.2 Å². The highest BCUT2D eigenvalue weighted by atomic mass is 16.5. The van der Waals surface area contributed by atoms with Crippen LogP contribution in [0.5, 0.6) is 0 Å². The van der Waals surface area contributed by atoms with Crippen molar-refractivity contribution in [3.8, 4) is 0 Å². The second kappa shape index (κ2) is 6.01. The lowest BCUT2D eigenvalue weighted by Gasteiger charge is -2.36. The molecule has 2 aliphatic heterocycles. The minimum absolute atomic E-state index is 0.0766. The number of carbonyl (C=O) groups is 2. The number of nitrogens with one attached hydrogen (secondary N) is 1. The van der Waals surface area contributed by atoms with E-state index in [9.17, 15) is 9.59 Å². The fourth-order valence-electron chi connectivity index (χ4n) is 2.26. The van der Waals surface area contributed by atoms with Gasteiger partial charge in [-0.1, -0.05) is 0 Å². The van der Waals surface area contributed by atoms with Crippen LogP contribution in [-0.2, 0) is 9.53 Å². The number of nitrogens with zero attached hydrogens (tertiary/aromatic N) is 2. The molecule has 7 heteroatoms. The summed E-state index contributed by atoms with van der Waals surface area (Å²) in [6.45, 7) is 3.79. The standard InChI is InChI=1S/C11H19N3O4/c15-10(16)9-8-18-7-6-14(9)11(17)13-4-1-2-12-3-5-13/h9,12H,1-8H2,(H,15,16). The van der Waals surface area contributed by atoms with Crippen LogP contribution < -0.4 is 5.32 Å². The molecule has 2 N–H and O–H groups in total. The maximum absolute atomic E-state index is 12.3. The summed E-state index contributed by atoms with van der Waals surface area (Å²) >= 11 is 0. The number of hydrogen-bond acceptors (Lipinski definition) is 4. The zero-order valence-electron chi connectivity index (χ0n) is 10.3. The second-order valence-electron chi connectivity index (χ2n) is 4.50. The van der Waals surface area contributed by atoms with Gasteiger partial charge in [0.25, 0.3) is 0 Å². The Labute approximate surface area is 106 Å². The molecule has 18 heavy (non-hydrogen) atoms. The highest BCUT2D eigenvalue weighted by Gasteiger charge is 2.35. The van der Waals surface area contributed by atoms with Gasteiger partial charge < -0.3 is 25.0 Å². The van der Waals surface area contributed by atoms with Gasteiger partial charge in [0, 0.05) is 26.2 Å². The molecule has 2 rings (SSSR count). The van der Waals surface area contributed by atoms with Crippen molar-refractivity contribution in [3.63, 3.8) is 0 Å². The molecule has 0 aromatic heterocycles. The summed E-state index contributed by atoms with van der Waals surface area (Å²) in [5, 5.41) is 12.3. The lowest BCUT2D eigenvalue weighted by molar-refractivity contribution is -0.147. The molecular formula is C11H19N3O4. The zero-order valence-corrected chi connectivity index (χ0v) is 10.3. The van der Waals surface area contributed by atoms with Crippen LogP contribution in [0, 0.1) is 0 Å². The largest absolute Gasteiger partial charge is 0.480 e. The van der Waals surface area contributed by atoms with Gasteiger partial charge in [-0.05, 0) is 13.0 Å². The molecule has 0 radical (unpaired) electrons. The first-order valence-electron chi connectivity index (χ1n) is 6.27. The summed E-state index contributed by atoms with van der Waals surface area (Å²) < 4.78 is 5.13. The van der Waals surface area contributed by atoms with Crippen molar-refractivity contribution < 1.29 is 19.4 Å². The van der Waals surface area contributed by atoms with Crippen molar-refractivity contribution in [1.29, 1.82) is 0 Å². The quantitative estimate of drug-likeness (QED) is 0.642. The van der Waals surface area contributed by atoms with Crippen LogP contribution in [0.25, 0.3) is 0 Å². The van der Waals surface area contributed by atoms with Crippen molar-refractivity contribution in [1.82, 2.24) is 15.1 Å². The summed E-state index contributed by atoms with van der Waals surface area (Å²) in [7, 11) is 0. The predicted molar refractivity (Wildman–Crippen MR) is 63.4 cm³/mol. The third-order valence-corrected chi connectivity index (χ3v) is 3.27. The Morgan fingerprint density at radius 1 is 1.22 bits per heavy atom. The number of aliphatic carboxylic acids is 1. The molecule has 2 heterocycles. The van der Waals surface area contributed by atoms with E-state index in [2.05, 4.69) is 5.32 Å². The van der Waals surface area contributed by atoms with Gasteiger partial charge in [0.1, 0.15) is 0 Å². The molecule has 2 fully saturated rings. The minimum Gasteiger partial charge on any atom is -0.480 e. The molecule has 0 aromatic rings. The molecular weight excluding hydrogens is 238 g/mol. The molecule has 1 unspecified atom stereocenters. The SMILES string of the molecule is O=C(O)C1COCCN1C(=O)N1CCCNCC1. The number of morpholine rings is 1. The van der Waals surface area contributed by atoms with E-state index in [4.69, 9.17) is 9.84 Å². The van der Waals surface area contributed by atoms with E-state index in [0.29, 0.717) is 26.2 Å². The number of carboxylic acid groups (broad SMARTS) is 1. The summed E-state index contributed by atoms with van der Waals surface area (Å²) in [4.78, 5) is 26.6. The lowest BCUT2D eigenvalue weighted by Crippen LogP contribution is -2.56. The van der Waals surface area contributed by atoms with Crippen molar-refractivity contribution in [2.45, 2.75) is 12.5 Å². The first kappa shape index (κ1) is 13.1. The number of carboxylic acids is 1. The van der Waals surface area contributed by atoms with Crippen molar-refractivity contribution in [2.24, 2.45) is 0 Å². The molecule has 2 saturated heterocycles. The fourth-order valence-corrected chi connectivity index (χ4v) is 2.26. The van der Waals surface area contributed by atoms with E-state index in [-0.39, 0.29) is 12.6 Å². The molecule has 0 saturated carbocycles. The van der Waals surface area contributed by atoms with E-state index >= 15 is 0 Å². The Morgan fingerprint density at radius 2 is 2.06 bits per heavy atom. The topological polar surface area (TPSA) is 82.1 Å². The average molecular weight is 257 g/mol. The molecule has 7 nitrogen and oxygen atoms in total. The zero-order chi connectivity index (χ0) is 13.0. The van der Waals surface area contributed by atoms with E-state index in [1.807, 2.05) is 0 Å². The van der Waals surface area contributed by atoms with E-state index in [1.165, 1.54) is 4.90 Å². The molecule has 2 aliphatic rings. The van der Waals surface area contributed by atoms with Crippen LogP contribution in [0.1, 0.15) is 6.42 Å². The Hall–Kier alpha value is -1.34. The first-order chi connectivity index (χ1) is 8.70. The van der Waals surface area contributed by atoms with E-state index in [1.54, 1.807) is 4.90 Å². The van der Waals surface area contributed by atoms with Gasteiger partial charge in [-0.25, -0.2) is 9.59 Å². The summed E-state index contributed by atoms with van der Waals surface area (Å²) in [6, 6.07) is -1.04. The Morgan fingerprint density at radius 3 is 2.83 bits per heavy atom. The third kappa shape index (κ3) is 2.91. The molecule has 1 atom stereocenters. The van der Waals surface area contributed by atoms with Crippen LogP contribution >= 0.6 is 0 Å². The third-order valence-electron chi connectivity index (χ3n) is 3.27. The number of carbonyl (C=O) groups excluding carboxylic acids is 1.